The largest absolute Gasteiger partial charge is 0.396 e. The van der Waals surface area contributed by atoms with E-state index in [0.717, 1.165) is 16.0 Å². The van der Waals surface area contributed by atoms with Gasteiger partial charge in [-0.1, -0.05) is 13.8 Å². The minimum Gasteiger partial charge on any atom is -0.396 e. The molecule has 0 bridgehead atoms. The molecule has 0 spiro atoms. The lowest BCUT2D eigenvalue weighted by molar-refractivity contribution is 0.171. The third-order valence-corrected chi connectivity index (χ3v) is 3.32. The third kappa shape index (κ3) is 2.31. The fourth-order valence-electron chi connectivity index (χ4n) is 1.29. The van der Waals surface area contributed by atoms with Crippen molar-refractivity contribution >= 4 is 27.4 Å². The number of hydrogen-bond donors (Lipinski definition) is 2. The summed E-state index contributed by atoms with van der Waals surface area (Å²) in [7, 11) is 0. The van der Waals surface area contributed by atoms with Crippen LogP contribution in [-0.4, -0.2) is 28.2 Å². The minimum absolute atomic E-state index is 0.144. The predicted octanol–water partition coefficient (Wildman–Crippen LogP) is 2.12. The summed E-state index contributed by atoms with van der Waals surface area (Å²) in [4.78, 5) is 8.40. The summed E-state index contributed by atoms with van der Waals surface area (Å²) in [5.74, 6) is 0.849. The number of nitrogens with zero attached hydrogens (tertiary/aromatic N) is 2. The monoisotopic (exact) mass is 237 g/mol. The maximum Gasteiger partial charge on any atom is 0.147 e. The Morgan fingerprint density at radius 3 is 3.00 bits per heavy atom. The zero-order chi connectivity index (χ0) is 11.6. The zero-order valence-electron chi connectivity index (χ0n) is 9.40. The van der Waals surface area contributed by atoms with Gasteiger partial charge in [0.2, 0.25) is 0 Å². The molecule has 0 radical (unpaired) electrons. The Morgan fingerprint density at radius 2 is 2.25 bits per heavy atom. The van der Waals surface area contributed by atoms with Crippen molar-refractivity contribution in [3.63, 3.8) is 0 Å². The van der Waals surface area contributed by atoms with Gasteiger partial charge in [0.1, 0.15) is 12.1 Å². The van der Waals surface area contributed by atoms with E-state index in [-0.39, 0.29) is 12.0 Å². The van der Waals surface area contributed by atoms with Gasteiger partial charge in [-0.3, -0.25) is 0 Å². The number of rotatable bonds is 4. The van der Waals surface area contributed by atoms with Gasteiger partial charge in [0.15, 0.2) is 0 Å². The van der Waals surface area contributed by atoms with Gasteiger partial charge in [-0.15, -0.1) is 11.3 Å². The molecule has 2 rings (SSSR count). The van der Waals surface area contributed by atoms with Crippen molar-refractivity contribution in [3.8, 4) is 0 Å². The van der Waals surface area contributed by atoms with Crippen molar-refractivity contribution in [1.29, 1.82) is 0 Å². The first-order valence-electron chi connectivity index (χ1n) is 5.15. The second-order valence-corrected chi connectivity index (χ2v) is 5.45. The highest BCUT2D eigenvalue weighted by Gasteiger charge is 2.17. The molecule has 2 aromatic rings. The van der Waals surface area contributed by atoms with E-state index in [2.05, 4.69) is 15.3 Å². The van der Waals surface area contributed by atoms with Crippen molar-refractivity contribution in [2.75, 3.05) is 18.5 Å². The number of anilines is 1. The number of thiophene rings is 1. The first kappa shape index (κ1) is 11.3. The SMILES string of the molecule is CC(C)(CO)CNc1ncnc2ccsc12. The van der Waals surface area contributed by atoms with Crippen molar-refractivity contribution in [1.82, 2.24) is 9.97 Å². The quantitative estimate of drug-likeness (QED) is 0.855. The van der Waals surface area contributed by atoms with E-state index in [1.54, 1.807) is 17.7 Å². The van der Waals surface area contributed by atoms with Gasteiger partial charge in [0.25, 0.3) is 0 Å². The van der Waals surface area contributed by atoms with Gasteiger partial charge in [-0.05, 0) is 11.4 Å². The molecule has 0 fully saturated rings. The van der Waals surface area contributed by atoms with Crippen molar-refractivity contribution in [2.24, 2.45) is 5.41 Å². The fourth-order valence-corrected chi connectivity index (χ4v) is 2.10. The van der Waals surface area contributed by atoms with Crippen LogP contribution < -0.4 is 5.32 Å². The highest BCUT2D eigenvalue weighted by Crippen LogP contribution is 2.25. The van der Waals surface area contributed by atoms with E-state index < -0.39 is 0 Å². The second-order valence-electron chi connectivity index (χ2n) is 4.53. The smallest absolute Gasteiger partial charge is 0.147 e. The molecule has 16 heavy (non-hydrogen) atoms. The molecule has 4 nitrogen and oxygen atoms in total. The van der Waals surface area contributed by atoms with Crippen molar-refractivity contribution < 1.29 is 5.11 Å². The van der Waals surface area contributed by atoms with E-state index in [1.165, 1.54) is 0 Å². The topological polar surface area (TPSA) is 58.0 Å². The van der Waals surface area contributed by atoms with Gasteiger partial charge < -0.3 is 10.4 Å². The summed E-state index contributed by atoms with van der Waals surface area (Å²) in [5, 5.41) is 14.4. The zero-order valence-corrected chi connectivity index (χ0v) is 10.2. The number of aromatic nitrogens is 2. The lowest BCUT2D eigenvalue weighted by Crippen LogP contribution is -2.27. The molecule has 0 unspecified atom stereocenters. The first-order chi connectivity index (χ1) is 7.62. The molecule has 0 saturated heterocycles. The van der Waals surface area contributed by atoms with Crippen LogP contribution in [0.15, 0.2) is 17.8 Å². The molecule has 0 amide bonds. The fraction of sp³-hybridized carbons (Fsp3) is 0.455. The summed E-state index contributed by atoms with van der Waals surface area (Å²) >= 11 is 1.62. The van der Waals surface area contributed by atoms with Crippen LogP contribution in [0.3, 0.4) is 0 Å². The maximum absolute atomic E-state index is 9.18. The molecule has 2 heterocycles. The average molecular weight is 237 g/mol. The standard InChI is InChI=1S/C11H15N3OS/c1-11(2,6-15)5-12-10-9-8(3-4-16-9)13-7-14-10/h3-4,7,15H,5-6H2,1-2H3,(H,12,13,14). The van der Waals surface area contributed by atoms with Crippen LogP contribution in [0.4, 0.5) is 5.82 Å². The summed E-state index contributed by atoms with van der Waals surface area (Å²) in [6.45, 7) is 4.85. The van der Waals surface area contributed by atoms with Crippen LogP contribution in [0.25, 0.3) is 10.2 Å². The van der Waals surface area contributed by atoms with E-state index in [4.69, 9.17) is 0 Å². The van der Waals surface area contributed by atoms with Crippen LogP contribution in [-0.2, 0) is 0 Å². The van der Waals surface area contributed by atoms with Crippen LogP contribution >= 0.6 is 11.3 Å². The lowest BCUT2D eigenvalue weighted by Gasteiger charge is -2.22. The molecule has 5 heteroatoms. The molecule has 0 aromatic carbocycles. The molecule has 0 saturated carbocycles. The Kier molecular flexibility index (Phi) is 3.07. The van der Waals surface area contributed by atoms with Gasteiger partial charge in [0, 0.05) is 18.6 Å². The Labute approximate surface area is 98.4 Å². The third-order valence-electron chi connectivity index (χ3n) is 2.41. The molecule has 2 aromatic heterocycles. The molecule has 0 atom stereocenters. The average Bonchev–Trinajstić information content (AvgIpc) is 2.75. The van der Waals surface area contributed by atoms with E-state index >= 15 is 0 Å². The van der Waals surface area contributed by atoms with Crippen LogP contribution in [0.5, 0.6) is 0 Å². The van der Waals surface area contributed by atoms with Gasteiger partial charge >= 0.3 is 0 Å². The summed E-state index contributed by atoms with van der Waals surface area (Å²) in [6.07, 6.45) is 1.56. The molecular weight excluding hydrogens is 222 g/mol. The first-order valence-corrected chi connectivity index (χ1v) is 6.03. The summed E-state index contributed by atoms with van der Waals surface area (Å²) < 4.78 is 1.07. The summed E-state index contributed by atoms with van der Waals surface area (Å²) in [5.41, 5.74) is 0.818. The number of hydrogen-bond acceptors (Lipinski definition) is 5. The molecule has 0 aliphatic carbocycles. The molecule has 86 valence electrons. The normalized spacial score (nSPS) is 11.9. The lowest BCUT2D eigenvalue weighted by atomic mass is 9.95. The minimum atomic E-state index is -0.144. The van der Waals surface area contributed by atoms with E-state index in [9.17, 15) is 5.11 Å². The summed E-state index contributed by atoms with van der Waals surface area (Å²) in [6, 6.07) is 1.98. The molecule has 0 aliphatic rings. The van der Waals surface area contributed by atoms with Crippen molar-refractivity contribution in [3.05, 3.63) is 17.8 Å². The molecule has 2 N–H and O–H groups in total. The molecular formula is C11H15N3OS. The Balaban J connectivity index is 2.18. The maximum atomic E-state index is 9.18. The number of aliphatic hydroxyl groups is 1. The second kappa shape index (κ2) is 4.35. The van der Waals surface area contributed by atoms with Gasteiger partial charge in [-0.25, -0.2) is 9.97 Å². The van der Waals surface area contributed by atoms with E-state index in [0.29, 0.717) is 6.54 Å². The predicted molar refractivity (Wildman–Crippen MR) is 66.8 cm³/mol. The Bertz CT molecular complexity index is 481. The van der Waals surface area contributed by atoms with Crippen LogP contribution in [0.2, 0.25) is 0 Å². The van der Waals surface area contributed by atoms with Gasteiger partial charge in [0.05, 0.1) is 10.2 Å². The molecule has 0 aliphatic heterocycles. The van der Waals surface area contributed by atoms with Gasteiger partial charge in [-0.2, -0.15) is 0 Å². The highest BCUT2D eigenvalue weighted by molar-refractivity contribution is 7.17. The van der Waals surface area contributed by atoms with E-state index in [1.807, 2.05) is 25.3 Å². The van der Waals surface area contributed by atoms with Crippen molar-refractivity contribution in [2.45, 2.75) is 13.8 Å². The Morgan fingerprint density at radius 1 is 1.44 bits per heavy atom. The Hall–Kier alpha value is -1.20. The number of fused-ring (bicyclic) bond motifs is 1. The van der Waals surface area contributed by atoms with Crippen LogP contribution in [0.1, 0.15) is 13.8 Å². The number of aliphatic hydroxyl groups excluding tert-OH is 1. The number of nitrogens with one attached hydrogen (secondary N) is 1. The highest BCUT2D eigenvalue weighted by atomic mass is 32.1. The van der Waals surface area contributed by atoms with Crippen LogP contribution in [0, 0.1) is 5.41 Å².